The molecule has 1 N–H and O–H groups in total. The Labute approximate surface area is 157 Å². The van der Waals surface area contributed by atoms with Crippen LogP contribution in [-0.2, 0) is 13.6 Å². The highest BCUT2D eigenvalue weighted by Gasteiger charge is 2.11. The predicted octanol–water partition coefficient (Wildman–Crippen LogP) is 2.93. The zero-order valence-electron chi connectivity index (χ0n) is 14.8. The summed E-state index contributed by atoms with van der Waals surface area (Å²) in [5.74, 6) is 2.37. The molecule has 0 unspecified atom stereocenters. The van der Waals surface area contributed by atoms with E-state index in [0.717, 1.165) is 35.2 Å². The third-order valence-corrected chi connectivity index (χ3v) is 4.79. The minimum atomic E-state index is 0.576. The average Bonchev–Trinajstić information content (AvgIpc) is 3.00. The van der Waals surface area contributed by atoms with Gasteiger partial charge in [0.05, 0.1) is 13.2 Å². The average molecular weight is 386 g/mol. The van der Waals surface area contributed by atoms with Crippen LogP contribution in [0.15, 0.2) is 17.3 Å². The van der Waals surface area contributed by atoms with Gasteiger partial charge in [-0.3, -0.25) is 0 Å². The number of thioether (sulfide) groups is 1. The van der Waals surface area contributed by atoms with Gasteiger partial charge in [-0.25, -0.2) is 4.68 Å². The highest BCUT2D eigenvalue weighted by molar-refractivity contribution is 7.99. The molecule has 0 saturated carbocycles. The molecule has 138 valence electrons. The maximum atomic E-state index is 6.36. The number of tetrazole rings is 1. The Kier molecular flexibility index (Phi) is 8.30. The molecule has 9 heteroatoms. The van der Waals surface area contributed by atoms with Crippen LogP contribution in [0.25, 0.3) is 0 Å². The summed E-state index contributed by atoms with van der Waals surface area (Å²) < 4.78 is 12.9. The molecule has 0 aliphatic rings. The number of ether oxygens (including phenoxy) is 2. The van der Waals surface area contributed by atoms with Crippen molar-refractivity contribution in [3.8, 4) is 11.5 Å². The Bertz CT molecular complexity index is 668. The van der Waals surface area contributed by atoms with Crippen LogP contribution in [0.3, 0.4) is 0 Å². The van der Waals surface area contributed by atoms with E-state index in [1.165, 1.54) is 0 Å². The molecule has 0 atom stereocenters. The van der Waals surface area contributed by atoms with E-state index in [-0.39, 0.29) is 0 Å². The highest BCUT2D eigenvalue weighted by Crippen LogP contribution is 2.33. The molecule has 7 nitrogen and oxygen atoms in total. The molecule has 0 aliphatic heterocycles. The Morgan fingerprint density at radius 1 is 1.20 bits per heavy atom. The first-order chi connectivity index (χ1) is 12.2. The number of nitrogens with one attached hydrogen (secondary N) is 1. The molecule has 1 aromatic carbocycles. The van der Waals surface area contributed by atoms with Gasteiger partial charge in [0.1, 0.15) is 0 Å². The van der Waals surface area contributed by atoms with Crippen LogP contribution >= 0.6 is 23.4 Å². The number of nitrogens with zero attached hydrogens (tertiary/aromatic N) is 4. The van der Waals surface area contributed by atoms with Gasteiger partial charge in [-0.15, -0.1) is 5.10 Å². The van der Waals surface area contributed by atoms with E-state index in [1.54, 1.807) is 16.4 Å². The molecule has 0 bridgehead atoms. The summed E-state index contributed by atoms with van der Waals surface area (Å²) in [5, 5.41) is 16.3. The van der Waals surface area contributed by atoms with Crippen molar-refractivity contribution in [3.63, 3.8) is 0 Å². The lowest BCUT2D eigenvalue weighted by atomic mass is 10.2. The fourth-order valence-electron chi connectivity index (χ4n) is 2.18. The molecule has 0 aliphatic carbocycles. The van der Waals surface area contributed by atoms with Crippen LogP contribution in [0.5, 0.6) is 11.5 Å². The summed E-state index contributed by atoms with van der Waals surface area (Å²) in [6, 6.07) is 3.77. The first kappa shape index (κ1) is 19.8. The van der Waals surface area contributed by atoms with Crippen LogP contribution in [-0.4, -0.2) is 45.7 Å². The van der Waals surface area contributed by atoms with Gasteiger partial charge in [-0.05, 0) is 48.9 Å². The number of hydrogen-bond acceptors (Lipinski definition) is 7. The molecule has 1 aromatic heterocycles. The van der Waals surface area contributed by atoms with E-state index in [4.69, 9.17) is 21.1 Å². The summed E-state index contributed by atoms with van der Waals surface area (Å²) in [4.78, 5) is 0. The smallest absolute Gasteiger partial charge is 0.209 e. The van der Waals surface area contributed by atoms with Gasteiger partial charge in [0.25, 0.3) is 0 Å². The van der Waals surface area contributed by atoms with E-state index in [2.05, 4.69) is 20.8 Å². The molecule has 1 heterocycles. The zero-order valence-corrected chi connectivity index (χ0v) is 16.4. The fraction of sp³-hybridized carbons (Fsp3) is 0.562. The maximum absolute atomic E-state index is 6.36. The summed E-state index contributed by atoms with van der Waals surface area (Å²) in [6.07, 6.45) is 1.00. The van der Waals surface area contributed by atoms with E-state index in [9.17, 15) is 0 Å². The summed E-state index contributed by atoms with van der Waals surface area (Å²) in [7, 11) is 1.84. The predicted molar refractivity (Wildman–Crippen MR) is 99.6 cm³/mol. The van der Waals surface area contributed by atoms with E-state index in [0.29, 0.717) is 30.5 Å². The zero-order chi connectivity index (χ0) is 18.1. The first-order valence-corrected chi connectivity index (χ1v) is 9.65. The minimum Gasteiger partial charge on any atom is -0.490 e. The van der Waals surface area contributed by atoms with Gasteiger partial charge in [0, 0.05) is 30.4 Å². The topological polar surface area (TPSA) is 74.1 Å². The second kappa shape index (κ2) is 10.5. The number of aromatic nitrogens is 4. The van der Waals surface area contributed by atoms with Crippen molar-refractivity contribution >= 4 is 23.4 Å². The van der Waals surface area contributed by atoms with Crippen LogP contribution in [0.2, 0.25) is 5.02 Å². The number of hydrogen-bond donors (Lipinski definition) is 1. The molecule has 0 amide bonds. The fourth-order valence-corrected chi connectivity index (χ4v) is 3.19. The van der Waals surface area contributed by atoms with Gasteiger partial charge >= 0.3 is 0 Å². The largest absolute Gasteiger partial charge is 0.490 e. The van der Waals surface area contributed by atoms with E-state index in [1.807, 2.05) is 33.0 Å². The van der Waals surface area contributed by atoms with Crippen LogP contribution < -0.4 is 14.8 Å². The monoisotopic (exact) mass is 385 g/mol. The van der Waals surface area contributed by atoms with Gasteiger partial charge in [0.2, 0.25) is 5.16 Å². The Morgan fingerprint density at radius 3 is 2.56 bits per heavy atom. The maximum Gasteiger partial charge on any atom is 0.209 e. The van der Waals surface area contributed by atoms with E-state index >= 15 is 0 Å². The summed E-state index contributed by atoms with van der Waals surface area (Å²) in [5.41, 5.74) is 0.999. The quantitative estimate of drug-likeness (QED) is 0.470. The minimum absolute atomic E-state index is 0.576. The molecule has 0 spiro atoms. The lowest BCUT2D eigenvalue weighted by molar-refractivity contribution is 0.287. The highest BCUT2D eigenvalue weighted by atomic mass is 35.5. The van der Waals surface area contributed by atoms with Crippen molar-refractivity contribution in [1.82, 2.24) is 25.5 Å². The van der Waals surface area contributed by atoms with Gasteiger partial charge in [-0.2, -0.15) is 0 Å². The molecular formula is C16H24ClN5O2S. The summed E-state index contributed by atoms with van der Waals surface area (Å²) in [6.45, 7) is 6.61. The van der Waals surface area contributed by atoms with Crippen molar-refractivity contribution < 1.29 is 9.47 Å². The molecule has 0 fully saturated rings. The van der Waals surface area contributed by atoms with Crippen LogP contribution in [0.4, 0.5) is 0 Å². The number of aryl methyl sites for hydroxylation is 1. The molecule has 0 radical (unpaired) electrons. The molecule has 2 aromatic rings. The lowest BCUT2D eigenvalue weighted by Gasteiger charge is -2.14. The number of halogens is 1. The second-order valence-electron chi connectivity index (χ2n) is 5.22. The van der Waals surface area contributed by atoms with Gasteiger partial charge in [0.15, 0.2) is 11.5 Å². The first-order valence-electron chi connectivity index (χ1n) is 8.29. The Morgan fingerprint density at radius 2 is 1.92 bits per heavy atom. The summed E-state index contributed by atoms with van der Waals surface area (Å²) >= 11 is 8.00. The standard InChI is InChI=1S/C16H24ClN5O2S/c1-4-23-14-9-12(13(17)10-15(14)24-5-2)11-18-7-6-8-25-16-19-20-21-22(16)3/h9-10,18H,4-8,11H2,1-3H3. The molecule has 25 heavy (non-hydrogen) atoms. The van der Waals surface area contributed by atoms with Crippen molar-refractivity contribution in [2.24, 2.45) is 7.05 Å². The van der Waals surface area contributed by atoms with Crippen LogP contribution in [0, 0.1) is 0 Å². The third-order valence-electron chi connectivity index (χ3n) is 3.34. The second-order valence-corrected chi connectivity index (χ2v) is 6.69. The Balaban J connectivity index is 1.79. The SMILES string of the molecule is CCOc1cc(Cl)c(CNCCCSc2nnnn2C)cc1OCC. The molecule has 0 saturated heterocycles. The normalized spacial score (nSPS) is 10.9. The molecule has 2 rings (SSSR count). The van der Waals surface area contributed by atoms with Gasteiger partial charge in [-0.1, -0.05) is 23.4 Å². The van der Waals surface area contributed by atoms with E-state index < -0.39 is 0 Å². The molecular weight excluding hydrogens is 362 g/mol. The lowest BCUT2D eigenvalue weighted by Crippen LogP contribution is -2.16. The van der Waals surface area contributed by atoms with Gasteiger partial charge < -0.3 is 14.8 Å². The van der Waals surface area contributed by atoms with Crippen molar-refractivity contribution in [2.75, 3.05) is 25.5 Å². The van der Waals surface area contributed by atoms with Crippen LogP contribution in [0.1, 0.15) is 25.8 Å². The third kappa shape index (κ3) is 6.05. The number of benzene rings is 1. The Hall–Kier alpha value is -1.51. The van der Waals surface area contributed by atoms with Crippen molar-refractivity contribution in [2.45, 2.75) is 32.0 Å². The van der Waals surface area contributed by atoms with Crippen molar-refractivity contribution in [1.29, 1.82) is 0 Å². The number of rotatable bonds is 11. The van der Waals surface area contributed by atoms with Crippen molar-refractivity contribution in [3.05, 3.63) is 22.7 Å².